The average molecular weight is 333 g/mol. The zero-order valence-electron chi connectivity index (χ0n) is 13.1. The number of thiophene rings is 1. The lowest BCUT2D eigenvalue weighted by Crippen LogP contribution is -2.30. The average Bonchev–Trinajstić information content (AvgIpc) is 3.00. The van der Waals surface area contributed by atoms with E-state index >= 15 is 0 Å². The van der Waals surface area contributed by atoms with Gasteiger partial charge >= 0.3 is 5.97 Å². The van der Waals surface area contributed by atoms with Crippen LogP contribution >= 0.6 is 11.3 Å². The number of hydrogen-bond donors (Lipinski definition) is 1. The van der Waals surface area contributed by atoms with Gasteiger partial charge in [-0.2, -0.15) is 0 Å². The van der Waals surface area contributed by atoms with Crippen molar-refractivity contribution in [3.8, 4) is 5.75 Å². The van der Waals surface area contributed by atoms with Crippen molar-refractivity contribution in [3.63, 3.8) is 0 Å². The van der Waals surface area contributed by atoms with E-state index in [0.717, 1.165) is 16.2 Å². The van der Waals surface area contributed by atoms with Gasteiger partial charge in [-0.25, -0.2) is 4.79 Å². The van der Waals surface area contributed by atoms with Crippen molar-refractivity contribution in [1.82, 2.24) is 5.32 Å². The first kappa shape index (κ1) is 17.0. The minimum Gasteiger partial charge on any atom is -0.497 e. The molecule has 2 rings (SSSR count). The minimum atomic E-state index is -0.464. The highest BCUT2D eigenvalue weighted by atomic mass is 32.1. The Morgan fingerprint density at radius 1 is 1.13 bits per heavy atom. The van der Waals surface area contributed by atoms with E-state index in [4.69, 9.17) is 9.47 Å². The van der Waals surface area contributed by atoms with E-state index in [-0.39, 0.29) is 12.5 Å². The lowest BCUT2D eigenvalue weighted by molar-refractivity contribution is -0.124. The zero-order chi connectivity index (χ0) is 16.7. The van der Waals surface area contributed by atoms with Gasteiger partial charge in [0.2, 0.25) is 0 Å². The van der Waals surface area contributed by atoms with Crippen molar-refractivity contribution < 1.29 is 19.1 Å². The van der Waals surface area contributed by atoms with Crippen molar-refractivity contribution in [2.45, 2.75) is 13.3 Å². The van der Waals surface area contributed by atoms with Crippen LogP contribution in [0.3, 0.4) is 0 Å². The zero-order valence-corrected chi connectivity index (χ0v) is 13.9. The van der Waals surface area contributed by atoms with Gasteiger partial charge in [0.1, 0.15) is 10.6 Å². The Bertz CT molecular complexity index is 663. The van der Waals surface area contributed by atoms with Crippen molar-refractivity contribution in [2.75, 3.05) is 20.3 Å². The maximum Gasteiger partial charge on any atom is 0.348 e. The predicted octanol–water partition coefficient (Wildman–Crippen LogP) is 2.58. The summed E-state index contributed by atoms with van der Waals surface area (Å²) in [5.74, 6) is 0.0297. The molecule has 0 aliphatic heterocycles. The van der Waals surface area contributed by atoms with Gasteiger partial charge < -0.3 is 14.8 Å². The molecule has 2 aromatic rings. The molecule has 0 atom stereocenters. The second-order valence-corrected chi connectivity index (χ2v) is 6.22. The van der Waals surface area contributed by atoms with Gasteiger partial charge in [0.05, 0.1) is 7.11 Å². The molecular weight excluding hydrogens is 314 g/mol. The first-order valence-electron chi connectivity index (χ1n) is 7.21. The molecule has 1 heterocycles. The van der Waals surface area contributed by atoms with Gasteiger partial charge in [-0.3, -0.25) is 4.79 Å². The Morgan fingerprint density at radius 2 is 1.87 bits per heavy atom. The Labute approximate surface area is 139 Å². The molecule has 0 saturated carbocycles. The Kier molecular flexibility index (Phi) is 6.17. The van der Waals surface area contributed by atoms with Crippen LogP contribution in [0.15, 0.2) is 36.4 Å². The van der Waals surface area contributed by atoms with Crippen LogP contribution in [0, 0.1) is 6.92 Å². The number of rotatable bonds is 7. The number of ether oxygens (including phenoxy) is 2. The molecule has 0 unspecified atom stereocenters. The van der Waals surface area contributed by atoms with E-state index in [0.29, 0.717) is 17.8 Å². The molecule has 6 heteroatoms. The maximum absolute atomic E-state index is 11.7. The van der Waals surface area contributed by atoms with E-state index in [1.165, 1.54) is 11.3 Å². The van der Waals surface area contributed by atoms with Gasteiger partial charge in [0, 0.05) is 11.4 Å². The fraction of sp³-hybridized carbons (Fsp3) is 0.294. The van der Waals surface area contributed by atoms with Crippen LogP contribution in [0.2, 0.25) is 0 Å². The summed E-state index contributed by atoms with van der Waals surface area (Å²) in [6, 6.07) is 11.2. The predicted molar refractivity (Wildman–Crippen MR) is 89.0 cm³/mol. The van der Waals surface area contributed by atoms with Gasteiger partial charge in [-0.15, -0.1) is 11.3 Å². The van der Waals surface area contributed by atoms with Gasteiger partial charge in [-0.1, -0.05) is 12.1 Å². The molecule has 1 aromatic carbocycles. The van der Waals surface area contributed by atoms with Crippen LogP contribution in [-0.2, 0) is 16.0 Å². The number of aryl methyl sites for hydroxylation is 1. The molecule has 0 aliphatic carbocycles. The topological polar surface area (TPSA) is 64.6 Å². The number of methoxy groups -OCH3 is 1. The second-order valence-electron chi connectivity index (χ2n) is 4.93. The van der Waals surface area contributed by atoms with E-state index in [9.17, 15) is 9.59 Å². The molecule has 122 valence electrons. The number of hydrogen-bond acceptors (Lipinski definition) is 5. The number of amides is 1. The number of carbonyl (C=O) groups excluding carboxylic acids is 2. The highest BCUT2D eigenvalue weighted by molar-refractivity contribution is 7.13. The van der Waals surface area contributed by atoms with Gasteiger partial charge in [0.25, 0.3) is 5.91 Å². The smallest absolute Gasteiger partial charge is 0.348 e. The third kappa shape index (κ3) is 5.41. The second kappa shape index (κ2) is 8.33. The SMILES string of the molecule is COc1ccc(CCNC(=O)COC(=O)c2ccc(C)s2)cc1. The molecule has 0 radical (unpaired) electrons. The third-order valence-electron chi connectivity index (χ3n) is 3.17. The number of benzene rings is 1. The quantitative estimate of drug-likeness (QED) is 0.791. The van der Waals surface area contributed by atoms with E-state index < -0.39 is 5.97 Å². The molecule has 0 fully saturated rings. The van der Waals surface area contributed by atoms with E-state index in [1.807, 2.05) is 37.3 Å². The molecule has 1 N–H and O–H groups in total. The van der Waals surface area contributed by atoms with Crippen molar-refractivity contribution in [1.29, 1.82) is 0 Å². The largest absolute Gasteiger partial charge is 0.497 e. The lowest BCUT2D eigenvalue weighted by Gasteiger charge is -2.07. The normalized spacial score (nSPS) is 10.2. The number of nitrogens with one attached hydrogen (secondary N) is 1. The summed E-state index contributed by atoms with van der Waals surface area (Å²) in [6.07, 6.45) is 0.702. The number of carbonyl (C=O) groups is 2. The third-order valence-corrected chi connectivity index (χ3v) is 4.15. The Hall–Kier alpha value is -2.34. The van der Waals surface area contributed by atoms with Crippen LogP contribution in [0.1, 0.15) is 20.1 Å². The molecule has 0 spiro atoms. The molecule has 5 nitrogen and oxygen atoms in total. The van der Waals surface area contributed by atoms with Crippen LogP contribution in [-0.4, -0.2) is 32.1 Å². The first-order chi connectivity index (χ1) is 11.1. The van der Waals surface area contributed by atoms with Crippen LogP contribution in [0.5, 0.6) is 5.75 Å². The molecule has 1 amide bonds. The minimum absolute atomic E-state index is 0.265. The molecule has 0 bridgehead atoms. The van der Waals surface area contributed by atoms with Crippen LogP contribution < -0.4 is 10.1 Å². The molecule has 0 saturated heterocycles. The molecule has 0 aliphatic rings. The molecule has 1 aromatic heterocycles. The highest BCUT2D eigenvalue weighted by Crippen LogP contribution is 2.15. The van der Waals surface area contributed by atoms with Crippen molar-refractivity contribution >= 4 is 23.2 Å². The molecular formula is C17H19NO4S. The van der Waals surface area contributed by atoms with Crippen molar-refractivity contribution in [3.05, 3.63) is 51.7 Å². The lowest BCUT2D eigenvalue weighted by atomic mass is 10.1. The highest BCUT2D eigenvalue weighted by Gasteiger charge is 2.11. The standard InChI is InChI=1S/C17H19NO4S/c1-12-3-8-15(23-12)17(20)22-11-16(19)18-10-9-13-4-6-14(21-2)7-5-13/h3-8H,9-11H2,1-2H3,(H,18,19). The number of esters is 1. The monoisotopic (exact) mass is 333 g/mol. The first-order valence-corrected chi connectivity index (χ1v) is 8.03. The Morgan fingerprint density at radius 3 is 2.48 bits per heavy atom. The van der Waals surface area contributed by atoms with Gasteiger partial charge in [-0.05, 0) is 43.2 Å². The summed E-state index contributed by atoms with van der Waals surface area (Å²) in [6.45, 7) is 2.13. The van der Waals surface area contributed by atoms with Crippen molar-refractivity contribution in [2.24, 2.45) is 0 Å². The summed E-state index contributed by atoms with van der Waals surface area (Å²) in [4.78, 5) is 24.9. The van der Waals surface area contributed by atoms with Crippen LogP contribution in [0.25, 0.3) is 0 Å². The van der Waals surface area contributed by atoms with E-state index in [2.05, 4.69) is 5.32 Å². The maximum atomic E-state index is 11.7. The Balaban J connectivity index is 1.67. The van der Waals surface area contributed by atoms with E-state index in [1.54, 1.807) is 13.2 Å². The summed E-state index contributed by atoms with van der Waals surface area (Å²) in [5.41, 5.74) is 1.09. The summed E-state index contributed by atoms with van der Waals surface area (Å²) in [5, 5.41) is 2.73. The fourth-order valence-corrected chi connectivity index (χ4v) is 2.70. The fourth-order valence-electron chi connectivity index (χ4n) is 1.94. The summed E-state index contributed by atoms with van der Waals surface area (Å²) < 4.78 is 10.1. The summed E-state index contributed by atoms with van der Waals surface area (Å²) in [7, 11) is 1.62. The van der Waals surface area contributed by atoms with Gasteiger partial charge in [0.15, 0.2) is 6.61 Å². The summed E-state index contributed by atoms with van der Waals surface area (Å²) >= 11 is 1.35. The van der Waals surface area contributed by atoms with Crippen LogP contribution in [0.4, 0.5) is 0 Å². The molecule has 23 heavy (non-hydrogen) atoms.